The number of nitrogens with zero attached hydrogens (tertiary/aromatic N) is 1. The Morgan fingerprint density at radius 2 is 1.68 bits per heavy atom. The molecule has 0 radical (unpaired) electrons. The molecule has 0 aromatic heterocycles. The number of halogens is 1. The van der Waals surface area contributed by atoms with Crippen LogP contribution in [0.3, 0.4) is 0 Å². The molecule has 5 heteroatoms. The summed E-state index contributed by atoms with van der Waals surface area (Å²) in [6.07, 6.45) is 1.28. The molecule has 1 unspecified atom stereocenters. The normalized spacial score (nSPS) is 16.5. The predicted octanol–water partition coefficient (Wildman–Crippen LogP) is 3.94. The third-order valence-corrected chi connectivity index (χ3v) is 3.42. The van der Waals surface area contributed by atoms with Gasteiger partial charge < -0.3 is 9.84 Å². The van der Waals surface area contributed by atoms with Gasteiger partial charge >= 0.3 is 5.97 Å². The summed E-state index contributed by atoms with van der Waals surface area (Å²) in [5.41, 5.74) is 1.81. The van der Waals surface area contributed by atoms with Crippen molar-refractivity contribution in [2.75, 3.05) is 0 Å². The van der Waals surface area contributed by atoms with Gasteiger partial charge in [-0.1, -0.05) is 18.2 Å². The minimum absolute atomic E-state index is 0. The van der Waals surface area contributed by atoms with Gasteiger partial charge in [0.25, 0.3) is 0 Å². The fraction of sp³-hybridized carbons (Fsp3) is 0.176. The SMILES string of the molecule is Cl.O=C(O)C1CCC(c2ccc(Oc3ccccc3)cc2)=N1. The van der Waals surface area contributed by atoms with Crippen LogP contribution in [0.25, 0.3) is 0 Å². The van der Waals surface area contributed by atoms with Gasteiger partial charge in [0.2, 0.25) is 0 Å². The number of aliphatic carboxylic acids is 1. The van der Waals surface area contributed by atoms with Crippen LogP contribution in [0.1, 0.15) is 18.4 Å². The zero-order chi connectivity index (χ0) is 14.7. The maximum atomic E-state index is 10.9. The van der Waals surface area contributed by atoms with E-state index in [0.29, 0.717) is 12.8 Å². The molecule has 0 amide bonds. The summed E-state index contributed by atoms with van der Waals surface area (Å²) in [7, 11) is 0. The van der Waals surface area contributed by atoms with Crippen LogP contribution in [0.2, 0.25) is 0 Å². The van der Waals surface area contributed by atoms with Gasteiger partial charge in [0.1, 0.15) is 17.5 Å². The fourth-order valence-electron chi connectivity index (χ4n) is 2.33. The van der Waals surface area contributed by atoms with Crippen LogP contribution < -0.4 is 4.74 Å². The molecule has 0 saturated carbocycles. The molecule has 22 heavy (non-hydrogen) atoms. The minimum atomic E-state index is -0.853. The monoisotopic (exact) mass is 317 g/mol. The van der Waals surface area contributed by atoms with Crippen molar-refractivity contribution in [3.8, 4) is 11.5 Å². The van der Waals surface area contributed by atoms with Gasteiger partial charge in [-0.05, 0) is 54.8 Å². The van der Waals surface area contributed by atoms with Crippen molar-refractivity contribution >= 4 is 24.1 Å². The van der Waals surface area contributed by atoms with Crippen LogP contribution in [-0.2, 0) is 4.79 Å². The molecular formula is C17H16ClNO3. The average molecular weight is 318 g/mol. The Hall–Kier alpha value is -2.33. The number of hydrogen-bond acceptors (Lipinski definition) is 3. The Kier molecular flexibility index (Phi) is 5.17. The lowest BCUT2D eigenvalue weighted by atomic mass is 10.1. The lowest BCUT2D eigenvalue weighted by Crippen LogP contribution is -2.13. The molecular weight excluding hydrogens is 302 g/mol. The molecule has 3 rings (SSSR count). The second kappa shape index (κ2) is 7.09. The van der Waals surface area contributed by atoms with Gasteiger partial charge in [0, 0.05) is 5.71 Å². The van der Waals surface area contributed by atoms with E-state index < -0.39 is 12.0 Å². The standard InChI is InChI=1S/C17H15NO3.ClH/c19-17(20)16-11-10-15(18-16)12-6-8-14(9-7-12)21-13-4-2-1-3-5-13;/h1-9,16H,10-11H2,(H,19,20);1H. The van der Waals surface area contributed by atoms with Crippen molar-refractivity contribution in [3.05, 3.63) is 60.2 Å². The first-order chi connectivity index (χ1) is 10.2. The van der Waals surface area contributed by atoms with E-state index in [0.717, 1.165) is 22.8 Å². The number of benzene rings is 2. The molecule has 1 aliphatic heterocycles. The Balaban J connectivity index is 0.00000176. The van der Waals surface area contributed by atoms with E-state index in [1.807, 2.05) is 54.6 Å². The number of aliphatic imine (C=N–C) groups is 1. The molecule has 1 aliphatic rings. The zero-order valence-electron chi connectivity index (χ0n) is 11.8. The van der Waals surface area contributed by atoms with E-state index in [2.05, 4.69) is 4.99 Å². The zero-order valence-corrected chi connectivity index (χ0v) is 12.6. The van der Waals surface area contributed by atoms with Crippen LogP contribution in [0.15, 0.2) is 59.6 Å². The highest BCUT2D eigenvalue weighted by Crippen LogP contribution is 2.24. The minimum Gasteiger partial charge on any atom is -0.480 e. The predicted molar refractivity (Wildman–Crippen MR) is 87.4 cm³/mol. The molecule has 1 N–H and O–H groups in total. The Morgan fingerprint density at radius 1 is 1.05 bits per heavy atom. The van der Waals surface area contributed by atoms with E-state index in [9.17, 15) is 4.79 Å². The van der Waals surface area contributed by atoms with Gasteiger partial charge in [-0.15, -0.1) is 12.4 Å². The molecule has 114 valence electrons. The molecule has 4 nitrogen and oxygen atoms in total. The summed E-state index contributed by atoms with van der Waals surface area (Å²) in [4.78, 5) is 15.2. The number of carboxylic acid groups (broad SMARTS) is 1. The van der Waals surface area contributed by atoms with Gasteiger partial charge in [-0.25, -0.2) is 4.79 Å². The second-order valence-corrected chi connectivity index (χ2v) is 4.91. The van der Waals surface area contributed by atoms with Crippen LogP contribution in [0.4, 0.5) is 0 Å². The molecule has 2 aromatic carbocycles. The number of carbonyl (C=O) groups is 1. The van der Waals surface area contributed by atoms with Crippen molar-refractivity contribution in [3.63, 3.8) is 0 Å². The Labute approximate surface area is 134 Å². The third-order valence-electron chi connectivity index (χ3n) is 3.42. The van der Waals surface area contributed by atoms with Crippen LogP contribution in [0, 0.1) is 0 Å². The maximum Gasteiger partial charge on any atom is 0.328 e. The first kappa shape index (κ1) is 16.0. The van der Waals surface area contributed by atoms with Crippen molar-refractivity contribution in [1.29, 1.82) is 0 Å². The number of hydrogen-bond donors (Lipinski definition) is 1. The van der Waals surface area contributed by atoms with Crippen molar-refractivity contribution < 1.29 is 14.6 Å². The number of rotatable bonds is 4. The summed E-state index contributed by atoms with van der Waals surface area (Å²) >= 11 is 0. The Morgan fingerprint density at radius 3 is 2.27 bits per heavy atom. The molecule has 0 fully saturated rings. The first-order valence-electron chi connectivity index (χ1n) is 6.85. The maximum absolute atomic E-state index is 10.9. The summed E-state index contributed by atoms with van der Waals surface area (Å²) in [6, 6.07) is 16.6. The van der Waals surface area contributed by atoms with E-state index in [1.54, 1.807) is 0 Å². The molecule has 2 aromatic rings. The van der Waals surface area contributed by atoms with Crippen LogP contribution in [0.5, 0.6) is 11.5 Å². The van der Waals surface area contributed by atoms with Crippen molar-refractivity contribution in [1.82, 2.24) is 0 Å². The van der Waals surface area contributed by atoms with Gasteiger partial charge in [0.15, 0.2) is 0 Å². The van der Waals surface area contributed by atoms with Gasteiger partial charge in [-0.3, -0.25) is 4.99 Å². The molecule has 0 saturated heterocycles. The van der Waals surface area contributed by atoms with Crippen molar-refractivity contribution in [2.24, 2.45) is 4.99 Å². The van der Waals surface area contributed by atoms with Crippen LogP contribution in [-0.4, -0.2) is 22.8 Å². The highest BCUT2D eigenvalue weighted by Gasteiger charge is 2.24. The van der Waals surface area contributed by atoms with Crippen LogP contribution >= 0.6 is 12.4 Å². The smallest absolute Gasteiger partial charge is 0.328 e. The quantitative estimate of drug-likeness (QED) is 0.929. The number of carboxylic acids is 1. The van der Waals surface area contributed by atoms with E-state index in [4.69, 9.17) is 9.84 Å². The van der Waals surface area contributed by atoms with E-state index in [1.165, 1.54) is 0 Å². The van der Waals surface area contributed by atoms with Crippen molar-refractivity contribution in [2.45, 2.75) is 18.9 Å². The lowest BCUT2D eigenvalue weighted by molar-refractivity contribution is -0.138. The highest BCUT2D eigenvalue weighted by atomic mass is 35.5. The first-order valence-corrected chi connectivity index (χ1v) is 6.85. The molecule has 1 atom stereocenters. The summed E-state index contributed by atoms with van der Waals surface area (Å²) < 4.78 is 5.72. The van der Waals surface area contributed by atoms with Gasteiger partial charge in [-0.2, -0.15) is 0 Å². The molecule has 1 heterocycles. The third kappa shape index (κ3) is 3.65. The Bertz CT molecular complexity index is 668. The topological polar surface area (TPSA) is 58.9 Å². The largest absolute Gasteiger partial charge is 0.480 e. The van der Waals surface area contributed by atoms with E-state index in [-0.39, 0.29) is 12.4 Å². The summed E-state index contributed by atoms with van der Waals surface area (Å²) in [6.45, 7) is 0. The highest BCUT2D eigenvalue weighted by molar-refractivity contribution is 6.03. The number of para-hydroxylation sites is 1. The van der Waals surface area contributed by atoms with Gasteiger partial charge in [0.05, 0.1) is 0 Å². The molecule has 0 aliphatic carbocycles. The molecule has 0 bridgehead atoms. The summed E-state index contributed by atoms with van der Waals surface area (Å²) in [5, 5.41) is 8.96. The summed E-state index contributed by atoms with van der Waals surface area (Å²) in [5.74, 6) is 0.682. The van der Waals surface area contributed by atoms with E-state index >= 15 is 0 Å². The lowest BCUT2D eigenvalue weighted by Gasteiger charge is -2.06. The average Bonchev–Trinajstić information content (AvgIpc) is 2.99. The fourth-order valence-corrected chi connectivity index (χ4v) is 2.33. The second-order valence-electron chi connectivity index (χ2n) is 4.91. The molecule has 0 spiro atoms. The number of ether oxygens (including phenoxy) is 1.